The smallest absolute Gasteiger partial charge is 0.332 e. The van der Waals surface area contributed by atoms with Crippen molar-refractivity contribution in [3.63, 3.8) is 0 Å². The molecule has 0 spiro atoms. The van der Waals surface area contributed by atoms with E-state index in [9.17, 15) is 18.8 Å². The van der Waals surface area contributed by atoms with Crippen LogP contribution in [0, 0.1) is 24.1 Å². The molecule has 11 nitrogen and oxygen atoms in total. The summed E-state index contributed by atoms with van der Waals surface area (Å²) in [6.45, 7) is 7.26. The molecular weight excluding hydrogens is 587 g/mol. The Morgan fingerprint density at radius 3 is 2.61 bits per heavy atom. The minimum atomic E-state index is -1.06. The summed E-state index contributed by atoms with van der Waals surface area (Å²) in [6, 6.07) is 6.60. The summed E-state index contributed by atoms with van der Waals surface area (Å²) < 4.78 is 30.1. The molecule has 0 radical (unpaired) electrons. The van der Waals surface area contributed by atoms with Crippen LogP contribution in [0.5, 0.6) is 5.75 Å². The summed E-state index contributed by atoms with van der Waals surface area (Å²) in [4.78, 5) is 44.3. The number of nitriles is 1. The molecule has 0 N–H and O–H groups in total. The second-order valence-electron chi connectivity index (χ2n) is 10.5. The predicted molar refractivity (Wildman–Crippen MR) is 166 cm³/mol. The van der Waals surface area contributed by atoms with Gasteiger partial charge in [0, 0.05) is 36.6 Å². The molecule has 1 aromatic carbocycles. The van der Waals surface area contributed by atoms with E-state index >= 15 is 0 Å². The number of carbonyl (C=O) groups is 1. The Labute approximate surface area is 258 Å². The van der Waals surface area contributed by atoms with Gasteiger partial charge in [-0.25, -0.2) is 18.4 Å². The van der Waals surface area contributed by atoms with Gasteiger partial charge in [0.1, 0.15) is 33.5 Å². The normalized spacial score (nSPS) is 13.4. The van der Waals surface area contributed by atoms with Gasteiger partial charge < -0.3 is 14.4 Å². The Hall–Kier alpha value is -4.28. The standard InChI is InChI=1S/C31H37FN6O5S/c1-7-19(3)35(5)27(39)23(8-2)38-28(40)26-20(4)29(37-15-10-14-34-37)44-30(26)36(31(38)41)18-25(43-16-9-13-33)22-17-21(32)11-12-24(22)42-6/h10-12,14-15,17,19,23,25H,7-9,16,18H2,1-6H3/t19?,23-,25-/m0/s1. The van der Waals surface area contributed by atoms with Gasteiger partial charge in [-0.3, -0.25) is 14.2 Å². The number of carbonyl (C=O) groups excluding carboxylic acids is 1. The van der Waals surface area contributed by atoms with Crippen molar-refractivity contribution in [3.8, 4) is 16.8 Å². The number of hydrogen-bond donors (Lipinski definition) is 0. The quantitative estimate of drug-likeness (QED) is 0.197. The van der Waals surface area contributed by atoms with E-state index in [-0.39, 0.29) is 43.3 Å². The molecule has 4 rings (SSSR count). The van der Waals surface area contributed by atoms with Crippen LogP contribution in [-0.4, -0.2) is 56.5 Å². The minimum Gasteiger partial charge on any atom is -0.496 e. The number of methoxy groups -OCH3 is 1. The number of nitrogens with zero attached hydrogens (tertiary/aromatic N) is 6. The van der Waals surface area contributed by atoms with Crippen molar-refractivity contribution < 1.29 is 18.7 Å². The Morgan fingerprint density at radius 1 is 1.25 bits per heavy atom. The van der Waals surface area contributed by atoms with E-state index in [1.54, 1.807) is 48.9 Å². The molecule has 0 aliphatic heterocycles. The average Bonchev–Trinajstić information content (AvgIpc) is 3.67. The molecule has 234 valence electrons. The van der Waals surface area contributed by atoms with E-state index in [2.05, 4.69) is 5.10 Å². The first-order chi connectivity index (χ1) is 21.1. The van der Waals surface area contributed by atoms with E-state index < -0.39 is 29.2 Å². The first-order valence-corrected chi connectivity index (χ1v) is 15.3. The molecule has 0 bridgehead atoms. The summed E-state index contributed by atoms with van der Waals surface area (Å²) in [6.07, 6.45) is 3.38. The minimum absolute atomic E-state index is 0.0101. The van der Waals surface area contributed by atoms with Crippen LogP contribution in [0.25, 0.3) is 15.2 Å². The van der Waals surface area contributed by atoms with Crippen LogP contribution in [0.3, 0.4) is 0 Å². The van der Waals surface area contributed by atoms with Crippen LogP contribution in [-0.2, 0) is 16.1 Å². The summed E-state index contributed by atoms with van der Waals surface area (Å²) >= 11 is 1.21. The van der Waals surface area contributed by atoms with Crippen LogP contribution < -0.4 is 16.0 Å². The summed E-state index contributed by atoms with van der Waals surface area (Å²) in [5.74, 6) is -0.544. The lowest BCUT2D eigenvalue weighted by Gasteiger charge is -2.29. The highest BCUT2D eigenvalue weighted by Crippen LogP contribution is 2.34. The number of rotatable bonds is 13. The maximum atomic E-state index is 14.5. The molecule has 0 aliphatic carbocycles. The Kier molecular flexibility index (Phi) is 10.4. The van der Waals surface area contributed by atoms with Gasteiger partial charge in [-0.1, -0.05) is 25.2 Å². The highest BCUT2D eigenvalue weighted by atomic mass is 32.1. The second-order valence-corrected chi connectivity index (χ2v) is 11.5. The second kappa shape index (κ2) is 14.0. The van der Waals surface area contributed by atoms with E-state index in [4.69, 9.17) is 14.7 Å². The fourth-order valence-corrected chi connectivity index (χ4v) is 6.45. The number of aromatic nitrogens is 4. The van der Waals surface area contributed by atoms with Crippen LogP contribution >= 0.6 is 11.3 Å². The third kappa shape index (κ3) is 6.18. The molecule has 1 amide bonds. The number of halogens is 1. The predicted octanol–water partition coefficient (Wildman–Crippen LogP) is 4.75. The number of benzene rings is 1. The SMILES string of the molecule is CCC(C)N(C)C(=O)[C@H](CC)n1c(=O)c2c(C)c(-n3cccn3)sc2n(C[C@H](OCCC#N)c2cc(F)ccc2OC)c1=O. The van der Waals surface area contributed by atoms with Gasteiger partial charge in [0.2, 0.25) is 5.91 Å². The third-order valence-corrected chi connectivity index (χ3v) is 9.24. The maximum absolute atomic E-state index is 14.5. The van der Waals surface area contributed by atoms with Crippen LogP contribution in [0.15, 0.2) is 46.2 Å². The molecule has 1 unspecified atom stereocenters. The Bertz CT molecular complexity index is 1790. The van der Waals surface area contributed by atoms with Crippen molar-refractivity contribution in [2.24, 2.45) is 0 Å². The number of thiophene rings is 1. The van der Waals surface area contributed by atoms with Crippen molar-refractivity contribution in [2.75, 3.05) is 20.8 Å². The van der Waals surface area contributed by atoms with Gasteiger partial charge in [0.25, 0.3) is 5.56 Å². The molecule has 44 heavy (non-hydrogen) atoms. The fourth-order valence-electron chi connectivity index (χ4n) is 5.20. The lowest BCUT2D eigenvalue weighted by molar-refractivity contribution is -0.135. The number of aryl methyl sites for hydroxylation is 1. The summed E-state index contributed by atoms with van der Waals surface area (Å²) in [7, 11) is 3.11. The zero-order valence-corrected chi connectivity index (χ0v) is 26.6. The molecule has 4 aromatic rings. The zero-order valence-electron chi connectivity index (χ0n) is 25.7. The van der Waals surface area contributed by atoms with E-state index in [0.29, 0.717) is 33.1 Å². The van der Waals surface area contributed by atoms with E-state index in [1.807, 2.05) is 19.9 Å². The topological polar surface area (TPSA) is 124 Å². The van der Waals surface area contributed by atoms with Crippen molar-refractivity contribution in [3.05, 3.63) is 74.4 Å². The molecule has 13 heteroatoms. The van der Waals surface area contributed by atoms with Crippen molar-refractivity contribution in [1.82, 2.24) is 23.8 Å². The van der Waals surface area contributed by atoms with Gasteiger partial charge in [0.15, 0.2) is 0 Å². The molecule has 0 saturated carbocycles. The van der Waals surface area contributed by atoms with Crippen LogP contribution in [0.2, 0.25) is 0 Å². The largest absolute Gasteiger partial charge is 0.496 e. The van der Waals surface area contributed by atoms with Gasteiger partial charge in [0.05, 0.1) is 38.1 Å². The van der Waals surface area contributed by atoms with Gasteiger partial charge in [-0.15, -0.1) is 0 Å². The fraction of sp³-hybridized carbons (Fsp3) is 0.452. The maximum Gasteiger partial charge on any atom is 0.332 e. The molecule has 3 aromatic heterocycles. The molecular formula is C31H37FN6O5S. The number of fused-ring (bicyclic) bond motifs is 1. The number of amides is 1. The molecule has 0 fully saturated rings. The van der Waals surface area contributed by atoms with Crippen molar-refractivity contribution in [1.29, 1.82) is 5.26 Å². The van der Waals surface area contributed by atoms with Gasteiger partial charge >= 0.3 is 5.69 Å². The van der Waals surface area contributed by atoms with Crippen LogP contribution in [0.4, 0.5) is 4.39 Å². The monoisotopic (exact) mass is 624 g/mol. The summed E-state index contributed by atoms with van der Waals surface area (Å²) in [5, 5.41) is 14.4. The Morgan fingerprint density at radius 2 is 2.00 bits per heavy atom. The molecule has 0 aliphatic rings. The highest BCUT2D eigenvalue weighted by Gasteiger charge is 2.32. The number of ether oxygens (including phenoxy) is 2. The van der Waals surface area contributed by atoms with Gasteiger partial charge in [-0.05, 0) is 51.0 Å². The lowest BCUT2D eigenvalue weighted by Crippen LogP contribution is -2.49. The third-order valence-electron chi connectivity index (χ3n) is 7.93. The number of hydrogen-bond acceptors (Lipinski definition) is 8. The van der Waals surface area contributed by atoms with E-state index in [1.165, 1.54) is 41.2 Å². The molecule has 0 saturated heterocycles. The van der Waals surface area contributed by atoms with Crippen molar-refractivity contribution in [2.45, 2.75) is 71.7 Å². The first-order valence-electron chi connectivity index (χ1n) is 14.5. The van der Waals surface area contributed by atoms with Gasteiger partial charge in [-0.2, -0.15) is 10.4 Å². The van der Waals surface area contributed by atoms with Crippen LogP contribution in [0.1, 0.15) is 63.3 Å². The van der Waals surface area contributed by atoms with E-state index in [0.717, 1.165) is 4.57 Å². The first kappa shape index (κ1) is 32.6. The number of likely N-dealkylation sites (N-methyl/N-ethyl adjacent to an activating group) is 1. The molecule has 3 atom stereocenters. The zero-order chi connectivity index (χ0) is 32.1. The summed E-state index contributed by atoms with van der Waals surface area (Å²) in [5.41, 5.74) is -0.332. The average molecular weight is 625 g/mol. The Balaban J connectivity index is 2.02. The highest BCUT2D eigenvalue weighted by molar-refractivity contribution is 7.21. The molecule has 3 heterocycles. The van der Waals surface area contributed by atoms with Crippen molar-refractivity contribution >= 4 is 27.5 Å². The lowest BCUT2D eigenvalue weighted by atomic mass is 10.1.